The monoisotopic (exact) mass is 433 g/mol. The molecule has 3 fully saturated rings. The number of rotatable bonds is 3. The zero-order chi connectivity index (χ0) is 21.9. The highest BCUT2D eigenvalue weighted by Gasteiger charge is 2.37. The van der Waals surface area contributed by atoms with Crippen LogP contribution in [-0.4, -0.2) is 35.2 Å². The Hall–Kier alpha value is -1.59. The van der Waals surface area contributed by atoms with Crippen molar-refractivity contribution in [3.05, 3.63) is 0 Å². The van der Waals surface area contributed by atoms with Crippen molar-refractivity contribution in [3.63, 3.8) is 0 Å². The third-order valence-corrected chi connectivity index (χ3v) is 7.58. The van der Waals surface area contributed by atoms with Gasteiger partial charge in [-0.25, -0.2) is 0 Å². The molecule has 0 aromatic carbocycles. The summed E-state index contributed by atoms with van der Waals surface area (Å²) in [4.78, 5) is 40.6. The lowest BCUT2D eigenvalue weighted by molar-refractivity contribution is -0.143. The molecule has 3 amide bonds. The minimum Gasteiger partial charge on any atom is -0.330 e. The summed E-state index contributed by atoms with van der Waals surface area (Å²) in [5, 5.41) is 0. The molecule has 31 heavy (non-hydrogen) atoms. The quantitative estimate of drug-likeness (QED) is 0.637. The van der Waals surface area contributed by atoms with Gasteiger partial charge in [-0.05, 0) is 38.5 Å². The summed E-state index contributed by atoms with van der Waals surface area (Å²) in [6.45, 7) is 0.657. The molecular formula is C25H43N3O3. The zero-order valence-electron chi connectivity index (χ0n) is 19.3. The first-order valence-electron chi connectivity index (χ1n) is 13.1. The van der Waals surface area contributed by atoms with Crippen molar-refractivity contribution in [1.82, 2.24) is 15.8 Å². The highest BCUT2D eigenvalue weighted by molar-refractivity contribution is 5.90. The minimum atomic E-state index is -0.444. The molecule has 0 unspecified atom stereocenters. The molecule has 2 saturated carbocycles. The lowest BCUT2D eigenvalue weighted by atomic mass is 9.95. The molecule has 6 nitrogen and oxygen atoms in total. The number of hydrogen-bond acceptors (Lipinski definition) is 3. The first-order valence-corrected chi connectivity index (χ1v) is 13.1. The van der Waals surface area contributed by atoms with Crippen molar-refractivity contribution in [3.8, 4) is 0 Å². The lowest BCUT2D eigenvalue weighted by Crippen LogP contribution is -2.53. The summed E-state index contributed by atoms with van der Waals surface area (Å²) >= 11 is 0. The van der Waals surface area contributed by atoms with Crippen LogP contribution >= 0.6 is 0 Å². The zero-order valence-corrected chi connectivity index (χ0v) is 19.3. The molecule has 0 spiro atoms. The van der Waals surface area contributed by atoms with Crippen molar-refractivity contribution in [2.24, 2.45) is 11.8 Å². The fourth-order valence-corrected chi connectivity index (χ4v) is 5.62. The van der Waals surface area contributed by atoms with Gasteiger partial charge in [-0.3, -0.25) is 25.2 Å². The van der Waals surface area contributed by atoms with Crippen LogP contribution in [0.25, 0.3) is 0 Å². The second-order valence-corrected chi connectivity index (χ2v) is 9.96. The van der Waals surface area contributed by atoms with Crippen LogP contribution in [0.4, 0.5) is 0 Å². The molecule has 0 aromatic heterocycles. The summed E-state index contributed by atoms with van der Waals surface area (Å²) in [7, 11) is 0. The lowest BCUT2D eigenvalue weighted by Gasteiger charge is -2.28. The third-order valence-electron chi connectivity index (χ3n) is 7.58. The van der Waals surface area contributed by atoms with Crippen molar-refractivity contribution in [2.75, 3.05) is 6.54 Å². The minimum absolute atomic E-state index is 0.0152. The van der Waals surface area contributed by atoms with Gasteiger partial charge in [0.05, 0.1) is 0 Å². The Bertz CT molecular complexity index is 575. The van der Waals surface area contributed by atoms with Gasteiger partial charge in [0.25, 0.3) is 5.91 Å². The molecular weight excluding hydrogens is 390 g/mol. The van der Waals surface area contributed by atoms with Gasteiger partial charge in [-0.15, -0.1) is 0 Å². The number of likely N-dealkylation sites (tertiary alicyclic amines) is 1. The fourth-order valence-electron chi connectivity index (χ4n) is 5.62. The van der Waals surface area contributed by atoms with Crippen LogP contribution in [0.5, 0.6) is 0 Å². The van der Waals surface area contributed by atoms with Crippen LogP contribution in [0.2, 0.25) is 0 Å². The molecule has 0 radical (unpaired) electrons. The molecule has 1 atom stereocenters. The molecule has 1 saturated heterocycles. The third kappa shape index (κ3) is 7.50. The Morgan fingerprint density at radius 1 is 0.516 bits per heavy atom. The van der Waals surface area contributed by atoms with E-state index in [4.69, 9.17) is 0 Å². The maximum atomic E-state index is 13.2. The number of carbonyl (C=O) groups excluding carboxylic acids is 3. The van der Waals surface area contributed by atoms with Crippen LogP contribution in [0.15, 0.2) is 0 Å². The number of nitrogens with zero attached hydrogens (tertiary/aromatic N) is 1. The SMILES string of the molecule is O=C(NNC(=O)[C@@H]1CCCN1C(=O)C1CCCCCCCC1)C1CCCCCCCC1. The van der Waals surface area contributed by atoms with Gasteiger partial charge < -0.3 is 4.90 Å². The Morgan fingerprint density at radius 3 is 1.52 bits per heavy atom. The van der Waals surface area contributed by atoms with E-state index in [0.717, 1.165) is 57.8 Å². The van der Waals surface area contributed by atoms with Crippen LogP contribution in [0.1, 0.15) is 116 Å². The topological polar surface area (TPSA) is 78.5 Å². The molecule has 3 rings (SSSR count). The van der Waals surface area contributed by atoms with Crippen molar-refractivity contribution in [2.45, 2.75) is 122 Å². The summed E-state index contributed by atoms with van der Waals surface area (Å²) in [6, 6.07) is -0.444. The summed E-state index contributed by atoms with van der Waals surface area (Å²) < 4.78 is 0. The maximum Gasteiger partial charge on any atom is 0.261 e. The van der Waals surface area contributed by atoms with E-state index >= 15 is 0 Å². The Balaban J connectivity index is 1.50. The molecule has 1 heterocycles. The molecule has 0 aromatic rings. The van der Waals surface area contributed by atoms with Gasteiger partial charge in [0.2, 0.25) is 11.8 Å². The largest absolute Gasteiger partial charge is 0.330 e. The summed E-state index contributed by atoms with van der Waals surface area (Å²) in [5.41, 5.74) is 5.35. The van der Waals surface area contributed by atoms with Crippen LogP contribution in [0, 0.1) is 11.8 Å². The molecule has 2 aliphatic carbocycles. The molecule has 3 aliphatic rings. The van der Waals surface area contributed by atoms with Crippen molar-refractivity contribution >= 4 is 17.7 Å². The van der Waals surface area contributed by atoms with Crippen LogP contribution in [0.3, 0.4) is 0 Å². The first kappa shape index (κ1) is 24.1. The number of carbonyl (C=O) groups is 3. The van der Waals surface area contributed by atoms with E-state index in [-0.39, 0.29) is 29.6 Å². The second kappa shape index (κ2) is 13.1. The molecule has 1 aliphatic heterocycles. The average Bonchev–Trinajstić information content (AvgIpc) is 3.34. The van der Waals surface area contributed by atoms with Gasteiger partial charge in [0.15, 0.2) is 0 Å². The number of hydrazine groups is 1. The van der Waals surface area contributed by atoms with Gasteiger partial charge in [-0.1, -0.05) is 77.0 Å². The second-order valence-electron chi connectivity index (χ2n) is 9.96. The van der Waals surface area contributed by atoms with E-state index in [1.165, 1.54) is 51.4 Å². The highest BCUT2D eigenvalue weighted by atomic mass is 16.2. The predicted molar refractivity (Wildman–Crippen MR) is 122 cm³/mol. The van der Waals surface area contributed by atoms with E-state index in [0.29, 0.717) is 13.0 Å². The standard InChI is InChI=1S/C25H43N3O3/c29-23(20-14-9-5-1-2-6-10-15-20)26-27-24(30)22-18-13-19-28(22)25(31)21-16-11-7-3-4-8-12-17-21/h20-22H,1-19H2,(H,26,29)(H,27,30)/t22-/m0/s1. The van der Waals surface area contributed by atoms with E-state index in [1.54, 1.807) is 4.90 Å². The Kier molecular flexibility index (Phi) is 10.1. The van der Waals surface area contributed by atoms with Gasteiger partial charge in [-0.2, -0.15) is 0 Å². The van der Waals surface area contributed by atoms with Crippen LogP contribution in [-0.2, 0) is 14.4 Å². The Morgan fingerprint density at radius 2 is 0.968 bits per heavy atom. The average molecular weight is 434 g/mol. The van der Waals surface area contributed by atoms with Crippen molar-refractivity contribution in [1.29, 1.82) is 0 Å². The fraction of sp³-hybridized carbons (Fsp3) is 0.880. The van der Waals surface area contributed by atoms with E-state index in [1.807, 2.05) is 0 Å². The summed E-state index contributed by atoms with van der Waals surface area (Å²) in [6.07, 6.45) is 19.5. The molecule has 2 N–H and O–H groups in total. The van der Waals surface area contributed by atoms with E-state index in [9.17, 15) is 14.4 Å². The molecule has 0 bridgehead atoms. The van der Waals surface area contributed by atoms with Gasteiger partial charge >= 0.3 is 0 Å². The normalized spacial score (nSPS) is 25.3. The molecule has 6 heteroatoms. The van der Waals surface area contributed by atoms with Gasteiger partial charge in [0, 0.05) is 18.4 Å². The Labute approximate surface area is 188 Å². The predicted octanol–water partition coefficient (Wildman–Crippen LogP) is 4.63. The maximum absolute atomic E-state index is 13.2. The van der Waals surface area contributed by atoms with Crippen molar-refractivity contribution < 1.29 is 14.4 Å². The van der Waals surface area contributed by atoms with E-state index in [2.05, 4.69) is 10.9 Å². The van der Waals surface area contributed by atoms with Crippen LogP contribution < -0.4 is 10.9 Å². The molecule has 176 valence electrons. The smallest absolute Gasteiger partial charge is 0.261 e. The van der Waals surface area contributed by atoms with Gasteiger partial charge in [0.1, 0.15) is 6.04 Å². The number of hydrogen-bond donors (Lipinski definition) is 2. The number of nitrogens with one attached hydrogen (secondary N) is 2. The van der Waals surface area contributed by atoms with E-state index < -0.39 is 6.04 Å². The first-order chi connectivity index (χ1) is 15.2. The number of amides is 3. The highest BCUT2D eigenvalue weighted by Crippen LogP contribution is 2.27. The summed E-state index contributed by atoms with van der Waals surface area (Å²) in [5.74, 6) is -0.103.